The molecule has 0 fully saturated rings. The molecule has 0 aliphatic carbocycles. The molecule has 0 saturated heterocycles. The van der Waals surface area contributed by atoms with E-state index in [2.05, 4.69) is 20.9 Å². The van der Waals surface area contributed by atoms with Crippen LogP contribution in [-0.2, 0) is 17.7 Å². The summed E-state index contributed by atoms with van der Waals surface area (Å²) in [7, 11) is 1.54. The number of aliphatic hydroxyl groups excluding tert-OH is 1. The third-order valence-corrected chi connectivity index (χ3v) is 5.88. The van der Waals surface area contributed by atoms with Gasteiger partial charge in [-0.3, -0.25) is 4.98 Å². The minimum Gasteiger partial charge on any atom is -0.396 e. The molecule has 2 heterocycles. The third kappa shape index (κ3) is 5.13. The van der Waals surface area contributed by atoms with E-state index in [0.29, 0.717) is 28.9 Å². The van der Waals surface area contributed by atoms with Gasteiger partial charge in [-0.15, -0.1) is 0 Å². The maximum absolute atomic E-state index is 13.7. The van der Waals surface area contributed by atoms with Crippen LogP contribution in [0, 0.1) is 5.41 Å². The quantitative estimate of drug-likeness (QED) is 0.415. The highest BCUT2D eigenvalue weighted by Crippen LogP contribution is 2.42. The molecular weight excluding hydrogens is 473 g/mol. The van der Waals surface area contributed by atoms with Gasteiger partial charge in [-0.05, 0) is 54.7 Å². The molecule has 3 aromatic rings. The standard InChI is InChI=1S/C23H26BrF3N2O2/c1-14(31-4)20-16(6-5-9-28-20)21-18(11-22(2,3)13-30)17-10-15(24)7-8-19(17)29(21)12-23(25,26)27/h5-10,14,30H,11-13H2,1-4H3. The Balaban J connectivity index is 2.44. The molecule has 0 bridgehead atoms. The van der Waals surface area contributed by atoms with Crippen LogP contribution < -0.4 is 0 Å². The molecular formula is C23H26BrF3N2O2. The number of hydrogen-bond acceptors (Lipinski definition) is 3. The molecule has 1 aromatic carbocycles. The summed E-state index contributed by atoms with van der Waals surface area (Å²) in [5, 5.41) is 10.6. The van der Waals surface area contributed by atoms with Crippen molar-refractivity contribution >= 4 is 26.8 Å². The lowest BCUT2D eigenvalue weighted by atomic mass is 9.84. The zero-order chi connectivity index (χ0) is 23.0. The van der Waals surface area contributed by atoms with Crippen LogP contribution in [0.1, 0.15) is 38.1 Å². The summed E-state index contributed by atoms with van der Waals surface area (Å²) < 4.78 is 48.6. The predicted molar refractivity (Wildman–Crippen MR) is 119 cm³/mol. The van der Waals surface area contributed by atoms with Crippen molar-refractivity contribution in [1.29, 1.82) is 0 Å². The fraction of sp³-hybridized carbons (Fsp3) is 0.435. The summed E-state index contributed by atoms with van der Waals surface area (Å²) >= 11 is 3.45. The molecule has 0 spiro atoms. The van der Waals surface area contributed by atoms with Crippen molar-refractivity contribution in [3.63, 3.8) is 0 Å². The monoisotopic (exact) mass is 498 g/mol. The van der Waals surface area contributed by atoms with E-state index in [-0.39, 0.29) is 6.61 Å². The van der Waals surface area contributed by atoms with Gasteiger partial charge in [-0.1, -0.05) is 29.8 Å². The molecule has 0 aliphatic heterocycles. The highest BCUT2D eigenvalue weighted by atomic mass is 79.9. The van der Waals surface area contributed by atoms with E-state index < -0.39 is 24.2 Å². The average molecular weight is 499 g/mol. The van der Waals surface area contributed by atoms with Crippen LogP contribution in [0.5, 0.6) is 0 Å². The number of ether oxygens (including phenoxy) is 1. The van der Waals surface area contributed by atoms with Gasteiger partial charge in [-0.2, -0.15) is 13.2 Å². The van der Waals surface area contributed by atoms with E-state index in [4.69, 9.17) is 4.74 Å². The second-order valence-electron chi connectivity index (χ2n) is 8.50. The number of methoxy groups -OCH3 is 1. The van der Waals surface area contributed by atoms with Gasteiger partial charge < -0.3 is 14.4 Å². The summed E-state index contributed by atoms with van der Waals surface area (Å²) in [4.78, 5) is 4.43. The summed E-state index contributed by atoms with van der Waals surface area (Å²) in [6, 6.07) is 8.77. The van der Waals surface area contributed by atoms with Crippen LogP contribution in [-0.4, -0.2) is 34.6 Å². The smallest absolute Gasteiger partial charge is 0.396 e. The highest BCUT2D eigenvalue weighted by molar-refractivity contribution is 9.10. The van der Waals surface area contributed by atoms with Crippen LogP contribution in [0.3, 0.4) is 0 Å². The van der Waals surface area contributed by atoms with Crippen molar-refractivity contribution in [3.8, 4) is 11.3 Å². The van der Waals surface area contributed by atoms with Gasteiger partial charge in [0, 0.05) is 40.9 Å². The van der Waals surface area contributed by atoms with E-state index in [9.17, 15) is 18.3 Å². The van der Waals surface area contributed by atoms with Gasteiger partial charge in [0.2, 0.25) is 0 Å². The Bertz CT molecular complexity index is 1080. The Morgan fingerprint density at radius 1 is 1.23 bits per heavy atom. The number of benzene rings is 1. The second-order valence-corrected chi connectivity index (χ2v) is 9.42. The normalized spacial score (nSPS) is 13.7. The van der Waals surface area contributed by atoms with Crippen LogP contribution in [0.4, 0.5) is 13.2 Å². The minimum absolute atomic E-state index is 0.0965. The number of pyridine rings is 1. The lowest BCUT2D eigenvalue weighted by molar-refractivity contribution is -0.139. The number of hydrogen-bond donors (Lipinski definition) is 1. The molecule has 4 nitrogen and oxygen atoms in total. The average Bonchev–Trinajstić information content (AvgIpc) is 2.97. The Hall–Kier alpha value is -1.90. The fourth-order valence-electron chi connectivity index (χ4n) is 3.81. The molecule has 8 heteroatoms. The lowest BCUT2D eigenvalue weighted by Gasteiger charge is -2.24. The Morgan fingerprint density at radius 2 is 1.94 bits per heavy atom. The first-order chi connectivity index (χ1) is 14.5. The predicted octanol–water partition coefficient (Wildman–Crippen LogP) is 6.30. The van der Waals surface area contributed by atoms with Crippen molar-refractivity contribution in [2.45, 2.75) is 46.0 Å². The first kappa shape index (κ1) is 23.8. The Morgan fingerprint density at radius 3 is 2.55 bits per heavy atom. The number of aliphatic hydroxyl groups is 1. The molecule has 1 N–H and O–H groups in total. The topological polar surface area (TPSA) is 47.3 Å². The molecule has 0 saturated carbocycles. The van der Waals surface area contributed by atoms with E-state index in [1.54, 1.807) is 37.6 Å². The van der Waals surface area contributed by atoms with Crippen molar-refractivity contribution in [3.05, 3.63) is 52.3 Å². The van der Waals surface area contributed by atoms with Crippen molar-refractivity contribution in [2.24, 2.45) is 5.41 Å². The largest absolute Gasteiger partial charge is 0.406 e. The number of rotatable bonds is 7. The molecule has 168 valence electrons. The first-order valence-electron chi connectivity index (χ1n) is 9.93. The zero-order valence-corrected chi connectivity index (χ0v) is 19.5. The molecule has 2 aromatic heterocycles. The Labute approximate surface area is 188 Å². The number of fused-ring (bicyclic) bond motifs is 1. The van der Waals surface area contributed by atoms with E-state index in [1.807, 2.05) is 26.8 Å². The van der Waals surface area contributed by atoms with Gasteiger partial charge >= 0.3 is 6.18 Å². The van der Waals surface area contributed by atoms with Crippen LogP contribution in [0.25, 0.3) is 22.2 Å². The van der Waals surface area contributed by atoms with Crippen LogP contribution >= 0.6 is 15.9 Å². The molecule has 0 radical (unpaired) electrons. The molecule has 3 rings (SSSR count). The maximum atomic E-state index is 13.7. The molecule has 31 heavy (non-hydrogen) atoms. The van der Waals surface area contributed by atoms with E-state index in [0.717, 1.165) is 15.4 Å². The van der Waals surface area contributed by atoms with Crippen LogP contribution in [0.2, 0.25) is 0 Å². The second kappa shape index (κ2) is 8.92. The first-order valence-corrected chi connectivity index (χ1v) is 10.7. The van der Waals surface area contributed by atoms with E-state index >= 15 is 0 Å². The van der Waals surface area contributed by atoms with Crippen LogP contribution in [0.15, 0.2) is 41.0 Å². The van der Waals surface area contributed by atoms with Gasteiger partial charge in [0.1, 0.15) is 6.54 Å². The summed E-state index contributed by atoms with van der Waals surface area (Å²) in [5.41, 5.74) is 2.33. The molecule has 1 atom stereocenters. The number of nitrogens with zero attached hydrogens (tertiary/aromatic N) is 2. The number of halogens is 4. The van der Waals surface area contributed by atoms with Gasteiger partial charge in [0.15, 0.2) is 0 Å². The van der Waals surface area contributed by atoms with Gasteiger partial charge in [0.25, 0.3) is 0 Å². The number of alkyl halides is 3. The zero-order valence-electron chi connectivity index (χ0n) is 17.9. The summed E-state index contributed by atoms with van der Waals surface area (Å²) in [6.07, 6.45) is -2.81. The van der Waals surface area contributed by atoms with Crippen molar-refractivity contribution in [1.82, 2.24) is 9.55 Å². The maximum Gasteiger partial charge on any atom is 0.406 e. The SMILES string of the molecule is COC(C)c1ncccc1-c1c(CC(C)(C)CO)c2cc(Br)ccc2n1CC(F)(F)F. The van der Waals surface area contributed by atoms with E-state index in [1.165, 1.54) is 4.57 Å². The van der Waals surface area contributed by atoms with Gasteiger partial charge in [-0.25, -0.2) is 0 Å². The van der Waals surface area contributed by atoms with Gasteiger partial charge in [0.05, 0.1) is 17.5 Å². The summed E-state index contributed by atoms with van der Waals surface area (Å²) in [6.45, 7) is 4.38. The summed E-state index contributed by atoms with van der Waals surface area (Å²) in [5.74, 6) is 0. The number of aromatic nitrogens is 2. The lowest BCUT2D eigenvalue weighted by Crippen LogP contribution is -2.21. The highest BCUT2D eigenvalue weighted by Gasteiger charge is 2.34. The third-order valence-electron chi connectivity index (χ3n) is 5.38. The molecule has 0 amide bonds. The fourth-order valence-corrected chi connectivity index (χ4v) is 4.18. The Kier molecular flexibility index (Phi) is 6.84. The molecule has 1 unspecified atom stereocenters. The molecule has 0 aliphatic rings. The van der Waals surface area contributed by atoms with Crippen molar-refractivity contribution < 1.29 is 23.0 Å². The van der Waals surface area contributed by atoms with Crippen molar-refractivity contribution in [2.75, 3.05) is 13.7 Å². The minimum atomic E-state index is -4.41.